The van der Waals surface area contributed by atoms with Crippen molar-refractivity contribution >= 4 is 13.6 Å². The highest BCUT2D eigenvalue weighted by atomic mass is 31.2. The number of carbonyl (C=O) groups is 1. The quantitative estimate of drug-likeness (QED) is 0.0585. The Morgan fingerprint density at radius 2 is 1.24 bits per heavy atom. The van der Waals surface area contributed by atoms with Crippen molar-refractivity contribution in [3.8, 4) is 0 Å². The molecule has 0 N–H and O–H groups in total. The molecule has 2 unspecified atom stereocenters. The van der Waals surface area contributed by atoms with Gasteiger partial charge in [0.1, 0.15) is 25.9 Å². The topological polar surface area (TPSA) is 94.1 Å². The zero-order chi connectivity index (χ0) is 28.5. The normalized spacial score (nSPS) is 14.5. The summed E-state index contributed by atoms with van der Waals surface area (Å²) >= 11 is 0. The van der Waals surface area contributed by atoms with Gasteiger partial charge in [-0.1, -0.05) is 103 Å². The van der Waals surface area contributed by atoms with E-state index in [1.165, 1.54) is 97.0 Å². The second kappa shape index (κ2) is 24.5. The number of ether oxygens (including phenoxy) is 2. The lowest BCUT2D eigenvalue weighted by Crippen LogP contribution is -2.37. The highest BCUT2D eigenvalue weighted by molar-refractivity contribution is 7.45. The van der Waals surface area contributed by atoms with E-state index in [0.717, 1.165) is 12.8 Å². The first-order valence-corrected chi connectivity index (χ1v) is 16.6. The largest absolute Gasteiger partial charge is 0.756 e. The van der Waals surface area contributed by atoms with Gasteiger partial charge in [0, 0.05) is 13.5 Å². The number of phosphoric ester groups is 1. The van der Waals surface area contributed by atoms with Crippen molar-refractivity contribution in [1.82, 2.24) is 0 Å². The van der Waals surface area contributed by atoms with Crippen LogP contribution in [0.15, 0.2) is 0 Å². The number of quaternary nitrogens is 1. The van der Waals surface area contributed by atoms with E-state index in [0.29, 0.717) is 17.4 Å². The molecule has 9 heteroatoms. The second-order valence-electron chi connectivity index (χ2n) is 11.6. The van der Waals surface area contributed by atoms with E-state index in [2.05, 4.69) is 6.92 Å². The molecule has 0 aliphatic carbocycles. The fourth-order valence-corrected chi connectivity index (χ4v) is 4.80. The Morgan fingerprint density at radius 1 is 0.763 bits per heavy atom. The van der Waals surface area contributed by atoms with Crippen molar-refractivity contribution in [3.63, 3.8) is 0 Å². The van der Waals surface area contributed by atoms with Crippen LogP contribution in [-0.2, 0) is 27.9 Å². The zero-order valence-corrected chi connectivity index (χ0v) is 26.3. The van der Waals surface area contributed by atoms with Crippen molar-refractivity contribution in [2.24, 2.45) is 0 Å². The van der Waals surface area contributed by atoms with Crippen LogP contribution in [0.25, 0.3) is 0 Å². The summed E-state index contributed by atoms with van der Waals surface area (Å²) in [5.74, 6) is 0.0595. The van der Waals surface area contributed by atoms with Gasteiger partial charge in [0.2, 0.25) is 0 Å². The molecule has 0 aliphatic rings. The Morgan fingerprint density at radius 3 is 1.68 bits per heavy atom. The second-order valence-corrected chi connectivity index (χ2v) is 13.0. The SMILES string of the molecule is CCCCCCCCCCCCCCCCCCC(=O)COCC(COP(=O)([O-])OCC[N+](C)(C)C)OC. The third-order valence-electron chi connectivity index (χ3n) is 6.64. The van der Waals surface area contributed by atoms with Crippen LogP contribution in [0, 0.1) is 0 Å². The van der Waals surface area contributed by atoms with Gasteiger partial charge < -0.3 is 27.9 Å². The average molecular weight is 566 g/mol. The van der Waals surface area contributed by atoms with Gasteiger partial charge in [-0.3, -0.25) is 9.36 Å². The van der Waals surface area contributed by atoms with E-state index in [1.54, 1.807) is 0 Å². The molecule has 0 radical (unpaired) electrons. The lowest BCUT2D eigenvalue weighted by atomic mass is 10.0. The summed E-state index contributed by atoms with van der Waals surface area (Å²) in [5, 5.41) is 0. The van der Waals surface area contributed by atoms with Gasteiger partial charge in [-0.15, -0.1) is 0 Å². The van der Waals surface area contributed by atoms with Crippen LogP contribution in [-0.4, -0.2) is 77.6 Å². The number of hydrogen-bond acceptors (Lipinski definition) is 7. The third kappa shape index (κ3) is 27.2. The summed E-state index contributed by atoms with van der Waals surface area (Å²) in [6.45, 7) is 2.73. The minimum Gasteiger partial charge on any atom is -0.756 e. The molecule has 0 aromatic carbocycles. The third-order valence-corrected chi connectivity index (χ3v) is 7.60. The Labute approximate surface area is 234 Å². The van der Waals surface area contributed by atoms with Gasteiger partial charge in [0.05, 0.1) is 34.4 Å². The zero-order valence-electron chi connectivity index (χ0n) is 25.4. The number of hydrogen-bond donors (Lipinski definition) is 0. The molecule has 0 spiro atoms. The molecule has 0 heterocycles. The van der Waals surface area contributed by atoms with E-state index < -0.39 is 13.9 Å². The maximum atomic E-state index is 12.1. The summed E-state index contributed by atoms with van der Waals surface area (Å²) in [7, 11) is 2.88. The Bertz CT molecular complexity index is 598. The van der Waals surface area contributed by atoms with Crippen molar-refractivity contribution in [3.05, 3.63) is 0 Å². The van der Waals surface area contributed by atoms with Crippen molar-refractivity contribution in [1.29, 1.82) is 0 Å². The van der Waals surface area contributed by atoms with Crippen LogP contribution < -0.4 is 4.89 Å². The van der Waals surface area contributed by atoms with Gasteiger partial charge in [0.15, 0.2) is 5.78 Å². The van der Waals surface area contributed by atoms with Crippen LogP contribution in [0.4, 0.5) is 0 Å². The minimum absolute atomic E-state index is 0.00758. The number of unbranched alkanes of at least 4 members (excludes halogenated alkanes) is 15. The smallest absolute Gasteiger partial charge is 0.268 e. The van der Waals surface area contributed by atoms with Crippen molar-refractivity contribution in [2.45, 2.75) is 122 Å². The molecule has 228 valence electrons. The molecule has 0 amide bonds. The van der Waals surface area contributed by atoms with E-state index in [4.69, 9.17) is 18.5 Å². The average Bonchev–Trinajstić information content (AvgIpc) is 2.84. The van der Waals surface area contributed by atoms with E-state index >= 15 is 0 Å². The number of likely N-dealkylation sites (N-methyl/N-ethyl adjacent to an activating group) is 1. The van der Waals surface area contributed by atoms with Gasteiger partial charge >= 0.3 is 0 Å². The number of carbonyl (C=O) groups excluding carboxylic acids is 1. The molecule has 0 fully saturated rings. The molecule has 0 saturated heterocycles. The summed E-state index contributed by atoms with van der Waals surface area (Å²) in [6.07, 6.45) is 20.8. The first kappa shape index (κ1) is 37.7. The van der Waals surface area contributed by atoms with E-state index in [-0.39, 0.29) is 32.2 Å². The molecule has 8 nitrogen and oxygen atoms in total. The predicted molar refractivity (Wildman–Crippen MR) is 153 cm³/mol. The highest BCUT2D eigenvalue weighted by Gasteiger charge is 2.17. The summed E-state index contributed by atoms with van der Waals surface area (Å²) in [6, 6.07) is 0. The summed E-state index contributed by atoms with van der Waals surface area (Å²) < 4.78 is 32.9. The van der Waals surface area contributed by atoms with Crippen LogP contribution in [0.5, 0.6) is 0 Å². The molecule has 0 aliphatic heterocycles. The van der Waals surface area contributed by atoms with Gasteiger partial charge in [-0.05, 0) is 6.42 Å². The van der Waals surface area contributed by atoms with E-state index in [1.807, 2.05) is 21.1 Å². The maximum Gasteiger partial charge on any atom is 0.268 e. The number of methoxy groups -OCH3 is 1. The van der Waals surface area contributed by atoms with Gasteiger partial charge in [0.25, 0.3) is 7.82 Å². The Hall–Kier alpha value is -0.340. The lowest BCUT2D eigenvalue weighted by molar-refractivity contribution is -0.870. The van der Waals surface area contributed by atoms with Crippen LogP contribution in [0.2, 0.25) is 0 Å². The number of ketones is 1. The van der Waals surface area contributed by atoms with Crippen LogP contribution >= 0.6 is 7.82 Å². The monoisotopic (exact) mass is 565 g/mol. The standard InChI is InChI=1S/C29H60NO7P/c1-6-7-8-9-10-11-12-13-14-15-16-17-18-19-20-21-22-28(31)25-35-26-29(34-5)27-37-38(32,33)36-24-23-30(2,3)4/h29H,6-27H2,1-5H3. The highest BCUT2D eigenvalue weighted by Crippen LogP contribution is 2.38. The number of phosphoric acid groups is 1. The van der Waals surface area contributed by atoms with Crippen molar-refractivity contribution < 1.29 is 37.3 Å². The van der Waals surface area contributed by atoms with Crippen molar-refractivity contribution in [2.75, 3.05) is 61.2 Å². The number of rotatable bonds is 29. The lowest BCUT2D eigenvalue weighted by Gasteiger charge is -2.28. The molecular weight excluding hydrogens is 505 g/mol. The van der Waals surface area contributed by atoms with E-state index in [9.17, 15) is 14.3 Å². The summed E-state index contributed by atoms with van der Waals surface area (Å²) in [5.41, 5.74) is 0. The molecule has 0 aromatic rings. The first-order valence-electron chi connectivity index (χ1n) is 15.1. The van der Waals surface area contributed by atoms with Crippen LogP contribution in [0.3, 0.4) is 0 Å². The first-order chi connectivity index (χ1) is 18.1. The predicted octanol–water partition coefficient (Wildman–Crippen LogP) is 6.45. The fraction of sp³-hybridized carbons (Fsp3) is 0.966. The molecule has 0 bridgehead atoms. The Kier molecular flexibility index (Phi) is 24.2. The van der Waals surface area contributed by atoms with Gasteiger partial charge in [-0.2, -0.15) is 0 Å². The number of Topliss-reactive ketones (excluding diaryl/α,β-unsaturated/α-hetero) is 1. The van der Waals surface area contributed by atoms with Gasteiger partial charge in [-0.25, -0.2) is 0 Å². The fourth-order valence-electron chi connectivity index (χ4n) is 4.07. The molecular formula is C29H60NO7P. The molecule has 0 rings (SSSR count). The maximum absolute atomic E-state index is 12.1. The molecule has 2 atom stereocenters. The van der Waals surface area contributed by atoms with Crippen LogP contribution in [0.1, 0.15) is 116 Å². The summed E-state index contributed by atoms with van der Waals surface area (Å²) in [4.78, 5) is 23.9. The molecule has 0 saturated carbocycles. The Balaban J connectivity index is 3.60. The molecule has 38 heavy (non-hydrogen) atoms. The molecule has 0 aromatic heterocycles. The number of nitrogens with zero attached hydrogens (tertiary/aromatic N) is 1. The minimum atomic E-state index is -4.40.